The van der Waals surface area contributed by atoms with Crippen molar-refractivity contribution in [1.82, 2.24) is 9.13 Å². The molecule has 106 valence electrons. The number of aromatic nitrogens is 2. The largest absolute Gasteiger partial charge is 0.326 e. The average molecular weight is 278 g/mol. The molecule has 2 rings (SSSR count). The first-order chi connectivity index (χ1) is 9.31. The molecule has 2 aromatic rings. The molecule has 0 aliphatic carbocycles. The maximum Gasteiger partial charge on any atom is 0.316 e. The lowest BCUT2D eigenvalue weighted by Crippen LogP contribution is -2.39. The van der Waals surface area contributed by atoms with Gasteiger partial charge in [0.1, 0.15) is 0 Å². The highest BCUT2D eigenvalue weighted by Gasteiger charge is 2.21. The van der Waals surface area contributed by atoms with E-state index >= 15 is 0 Å². The molecule has 0 bridgehead atoms. The average Bonchev–Trinajstić information content (AvgIpc) is 2.41. The van der Waals surface area contributed by atoms with Crippen molar-refractivity contribution in [3.63, 3.8) is 0 Å². The van der Waals surface area contributed by atoms with Crippen LogP contribution in [0.15, 0.2) is 15.7 Å². The van der Waals surface area contributed by atoms with E-state index in [0.29, 0.717) is 22.2 Å². The molecule has 0 aliphatic heterocycles. The monoisotopic (exact) mass is 278 g/mol. The van der Waals surface area contributed by atoms with Crippen LogP contribution in [0.1, 0.15) is 11.1 Å². The van der Waals surface area contributed by atoms with Crippen molar-refractivity contribution in [3.8, 4) is 0 Å². The Kier molecular flexibility index (Phi) is 3.18. The molecule has 0 aliphatic rings. The maximum atomic E-state index is 11.9. The molecule has 0 fully saturated rings. The van der Waals surface area contributed by atoms with E-state index in [1.165, 1.54) is 24.7 Å². The Morgan fingerprint density at radius 1 is 1.25 bits per heavy atom. The fraction of sp³-hybridized carbons (Fsp3) is 0.333. The Bertz CT molecular complexity index is 847. The third-order valence-corrected chi connectivity index (χ3v) is 3.53. The van der Waals surface area contributed by atoms with Crippen molar-refractivity contribution in [2.75, 3.05) is 0 Å². The highest BCUT2D eigenvalue weighted by molar-refractivity contribution is 5.83. The second-order valence-electron chi connectivity index (χ2n) is 4.56. The topological polar surface area (TPSA) is 113 Å². The van der Waals surface area contributed by atoms with Crippen LogP contribution >= 0.6 is 0 Å². The van der Waals surface area contributed by atoms with Crippen molar-refractivity contribution in [1.29, 1.82) is 0 Å². The lowest BCUT2D eigenvalue weighted by molar-refractivity contribution is -0.385. The second kappa shape index (κ2) is 4.57. The Balaban J connectivity index is 3.20. The first-order valence-electron chi connectivity index (χ1n) is 5.88. The molecule has 0 saturated carbocycles. The predicted octanol–water partition coefficient (Wildman–Crippen LogP) is -0.0875. The van der Waals surface area contributed by atoms with Gasteiger partial charge in [0.05, 0.1) is 16.0 Å². The molecule has 0 atom stereocenters. The van der Waals surface area contributed by atoms with Crippen LogP contribution in [-0.4, -0.2) is 14.1 Å². The van der Waals surface area contributed by atoms with Crippen LogP contribution in [0, 0.1) is 17.0 Å². The van der Waals surface area contributed by atoms with Gasteiger partial charge < -0.3 is 14.9 Å². The van der Waals surface area contributed by atoms with E-state index in [0.717, 1.165) is 4.57 Å². The zero-order valence-corrected chi connectivity index (χ0v) is 11.3. The van der Waals surface area contributed by atoms with Crippen LogP contribution in [0.5, 0.6) is 0 Å². The fourth-order valence-electron chi connectivity index (χ4n) is 2.36. The first-order valence-corrected chi connectivity index (χ1v) is 5.88. The zero-order chi connectivity index (χ0) is 15.2. The van der Waals surface area contributed by atoms with Gasteiger partial charge in [-0.1, -0.05) is 0 Å². The van der Waals surface area contributed by atoms with Crippen LogP contribution in [0.25, 0.3) is 11.0 Å². The van der Waals surface area contributed by atoms with Gasteiger partial charge in [-0.05, 0) is 6.92 Å². The molecule has 8 heteroatoms. The molecule has 1 heterocycles. The van der Waals surface area contributed by atoms with Gasteiger partial charge in [0.25, 0.3) is 5.69 Å². The molecule has 0 saturated heterocycles. The third-order valence-electron chi connectivity index (χ3n) is 3.53. The molecule has 0 unspecified atom stereocenters. The van der Waals surface area contributed by atoms with Gasteiger partial charge in [0.2, 0.25) is 0 Å². The van der Waals surface area contributed by atoms with Crippen molar-refractivity contribution in [3.05, 3.63) is 48.0 Å². The number of fused-ring (bicyclic) bond motifs is 1. The predicted molar refractivity (Wildman–Crippen MR) is 73.7 cm³/mol. The van der Waals surface area contributed by atoms with Gasteiger partial charge in [-0.2, -0.15) is 0 Å². The molecular formula is C12H14N4O4. The number of hydrogen-bond donors (Lipinski definition) is 1. The molecule has 8 nitrogen and oxygen atoms in total. The lowest BCUT2D eigenvalue weighted by Gasteiger charge is -2.14. The first kappa shape index (κ1) is 13.9. The molecule has 2 N–H and O–H groups in total. The standard InChI is InChI=1S/C12H14N4O4/c1-6-7(5-13)10-9(4-8(6)16(19)20)14(2)11(17)12(18)15(10)3/h4H,5,13H2,1-3H3. The summed E-state index contributed by atoms with van der Waals surface area (Å²) in [6, 6.07) is 1.30. The Morgan fingerprint density at radius 2 is 1.80 bits per heavy atom. The van der Waals surface area contributed by atoms with E-state index in [4.69, 9.17) is 5.73 Å². The number of nitrogens with zero attached hydrogens (tertiary/aromatic N) is 3. The Labute approximate surface area is 113 Å². The minimum absolute atomic E-state index is 0.0372. The molecule has 1 aromatic carbocycles. The highest BCUT2D eigenvalue weighted by atomic mass is 16.6. The molecule has 20 heavy (non-hydrogen) atoms. The number of nitro groups is 1. The quantitative estimate of drug-likeness (QED) is 0.468. The minimum Gasteiger partial charge on any atom is -0.326 e. The van der Waals surface area contributed by atoms with Crippen LogP contribution in [0.4, 0.5) is 5.69 Å². The SMILES string of the molecule is Cc1c([N+](=O)[O-])cc2c(c1CN)n(C)c(=O)c(=O)n2C. The van der Waals surface area contributed by atoms with Gasteiger partial charge in [-0.3, -0.25) is 19.7 Å². The van der Waals surface area contributed by atoms with Gasteiger partial charge in [-0.15, -0.1) is 0 Å². The number of rotatable bonds is 2. The molecule has 0 amide bonds. The molecule has 0 spiro atoms. The number of nitrogens with two attached hydrogens (primary N) is 1. The lowest BCUT2D eigenvalue weighted by atomic mass is 10.0. The van der Waals surface area contributed by atoms with Crippen molar-refractivity contribution in [2.24, 2.45) is 19.8 Å². The number of hydrogen-bond acceptors (Lipinski definition) is 5. The number of benzene rings is 1. The summed E-state index contributed by atoms with van der Waals surface area (Å²) < 4.78 is 2.31. The fourth-order valence-corrected chi connectivity index (χ4v) is 2.36. The van der Waals surface area contributed by atoms with Gasteiger partial charge in [0, 0.05) is 37.8 Å². The second-order valence-corrected chi connectivity index (χ2v) is 4.56. The van der Waals surface area contributed by atoms with Crippen LogP contribution in [0.2, 0.25) is 0 Å². The van der Waals surface area contributed by atoms with Crippen molar-refractivity contribution >= 4 is 16.7 Å². The summed E-state index contributed by atoms with van der Waals surface area (Å²) in [7, 11) is 2.86. The van der Waals surface area contributed by atoms with E-state index in [-0.39, 0.29) is 12.2 Å². The summed E-state index contributed by atoms with van der Waals surface area (Å²) in [5, 5.41) is 11.1. The minimum atomic E-state index is -0.735. The van der Waals surface area contributed by atoms with Crippen LogP contribution < -0.4 is 16.9 Å². The summed E-state index contributed by atoms with van der Waals surface area (Å²) in [6.07, 6.45) is 0. The summed E-state index contributed by atoms with van der Waals surface area (Å²) in [4.78, 5) is 34.2. The van der Waals surface area contributed by atoms with E-state index in [9.17, 15) is 19.7 Å². The summed E-state index contributed by atoms with van der Waals surface area (Å²) in [5.74, 6) is 0. The zero-order valence-electron chi connectivity index (χ0n) is 11.3. The molecule has 0 radical (unpaired) electrons. The highest BCUT2D eigenvalue weighted by Crippen LogP contribution is 2.28. The third kappa shape index (κ3) is 1.73. The summed E-state index contributed by atoms with van der Waals surface area (Å²) in [6.45, 7) is 1.62. The molecule has 1 aromatic heterocycles. The van der Waals surface area contributed by atoms with Gasteiger partial charge in [-0.25, -0.2) is 0 Å². The van der Waals surface area contributed by atoms with E-state index < -0.39 is 16.0 Å². The molecular weight excluding hydrogens is 264 g/mol. The number of aryl methyl sites for hydroxylation is 2. The summed E-state index contributed by atoms with van der Waals surface area (Å²) >= 11 is 0. The van der Waals surface area contributed by atoms with Crippen LogP contribution in [-0.2, 0) is 20.6 Å². The normalized spacial score (nSPS) is 11.0. The smallest absolute Gasteiger partial charge is 0.316 e. The summed E-state index contributed by atoms with van der Waals surface area (Å²) in [5.41, 5.74) is 5.78. The Hall–Kier alpha value is -2.48. The van der Waals surface area contributed by atoms with Crippen molar-refractivity contribution < 1.29 is 4.92 Å². The van der Waals surface area contributed by atoms with E-state index in [2.05, 4.69) is 0 Å². The van der Waals surface area contributed by atoms with Crippen LogP contribution in [0.3, 0.4) is 0 Å². The van der Waals surface area contributed by atoms with E-state index in [1.807, 2.05) is 0 Å². The van der Waals surface area contributed by atoms with E-state index in [1.54, 1.807) is 6.92 Å². The van der Waals surface area contributed by atoms with Gasteiger partial charge in [0.15, 0.2) is 0 Å². The van der Waals surface area contributed by atoms with Gasteiger partial charge >= 0.3 is 11.1 Å². The van der Waals surface area contributed by atoms with Crippen molar-refractivity contribution in [2.45, 2.75) is 13.5 Å². The maximum absolute atomic E-state index is 11.9. The number of nitro benzene ring substituents is 1. The Morgan fingerprint density at radius 3 is 2.30 bits per heavy atom.